The fourth-order valence-corrected chi connectivity index (χ4v) is 15.1. The summed E-state index contributed by atoms with van der Waals surface area (Å²) in [6.45, 7) is 13.8. The number of urea groups is 2. The van der Waals surface area contributed by atoms with E-state index in [1.54, 1.807) is 56.9 Å². The minimum Gasteiger partial charge on any atom is -0.507 e. The van der Waals surface area contributed by atoms with Crippen LogP contribution in [0.15, 0.2) is 60.7 Å². The molecule has 0 bridgehead atoms. The van der Waals surface area contributed by atoms with Gasteiger partial charge in [-0.3, -0.25) is 24.4 Å². The minimum atomic E-state index is -2.39. The number of rotatable bonds is 45. The molecular weight excluding hydrogens is 1570 g/mol. The van der Waals surface area contributed by atoms with E-state index in [0.29, 0.717) is 91.8 Å². The first-order valence-corrected chi connectivity index (χ1v) is 41.0. The summed E-state index contributed by atoms with van der Waals surface area (Å²) in [5, 5.41) is 121. The quantitative estimate of drug-likeness (QED) is 0.00733. The maximum absolute atomic E-state index is 12.5. The van der Waals surface area contributed by atoms with E-state index in [2.05, 4.69) is 30.8 Å². The van der Waals surface area contributed by atoms with Gasteiger partial charge >= 0.3 is 20.9 Å². The number of β-amino-alcohol motifs (C(OH)–C–C–N with tert-alkyl or cyclic N) is 2. The van der Waals surface area contributed by atoms with Crippen LogP contribution in [0.5, 0.6) is 28.7 Å². The molecule has 0 spiro atoms. The number of aliphatic hydroxyl groups excluding tert-OH is 7. The molecule has 5 aromatic rings. The van der Waals surface area contributed by atoms with Gasteiger partial charge in [0, 0.05) is 177 Å². The number of phenols is 5. The molecule has 0 aromatic heterocycles. The fourth-order valence-electron chi connectivity index (χ4n) is 13.4. The molecule has 3 heterocycles. The van der Waals surface area contributed by atoms with Gasteiger partial charge in [-0.15, -0.1) is 0 Å². The third-order valence-corrected chi connectivity index (χ3v) is 22.4. The van der Waals surface area contributed by atoms with Crippen LogP contribution in [0, 0.1) is 6.92 Å². The fraction of sp³-hybridized carbons (Fsp3) is 0.607. The zero-order valence-corrected chi connectivity index (χ0v) is 73.6. The van der Waals surface area contributed by atoms with Gasteiger partial charge in [-0.2, -0.15) is 0 Å². The van der Waals surface area contributed by atoms with E-state index >= 15 is 0 Å². The van der Waals surface area contributed by atoms with Gasteiger partial charge in [-0.1, -0.05) is 62.7 Å². The highest BCUT2D eigenvalue weighted by molar-refractivity contribution is 6.60. The summed E-state index contributed by atoms with van der Waals surface area (Å²) in [4.78, 5) is 41.3. The van der Waals surface area contributed by atoms with Crippen LogP contribution in [0.2, 0.25) is 6.04 Å². The van der Waals surface area contributed by atoms with E-state index in [1.165, 1.54) is 48.0 Å². The molecule has 0 aliphatic carbocycles. The van der Waals surface area contributed by atoms with Crippen LogP contribution in [0.3, 0.4) is 0 Å². The molecule has 35 heteroatoms. The monoisotopic (exact) mass is 1710 g/mol. The van der Waals surface area contributed by atoms with Crippen molar-refractivity contribution in [2.24, 2.45) is 0 Å². The molecule has 0 saturated carbocycles. The molecule has 3 aliphatic heterocycles. The molecule has 34 nitrogen and oxygen atoms in total. The minimum absolute atomic E-state index is 0.0143. The molecular formula is C84H135N5O29Si. The van der Waals surface area contributed by atoms with Crippen LogP contribution in [-0.4, -0.2) is 317 Å². The number of amides is 5. The molecule has 13 N–H and O–H groups in total. The molecule has 3 saturated heterocycles. The first-order valence-electron chi connectivity index (χ1n) is 39.1. The first-order chi connectivity index (χ1) is 57.0. The standard InChI is InChI=1S/C32H42O9.C14H22O3.C12H22N4O6.C11H16O3.C9H20O5Si.C6H13NO3/c1-32(26-11-20(5-8-33)29(36)21(12-26)6-9-34,27-13-22(7-10-35)30(37)23(14-27)17-39-2)28-15-24(18-40-3)31(38)25(16-28)19-41-4;1-14(2,3)12-7-10(5-6-15)13(16)11(8-12)9-17-4;1-21-7-15-10-9(13(3-5-17)11(15)19)14(4-6-18)12(20)16(10)8-22-2;1-8-5-9(3-4-12)11(13)10(6-8)7-14-2;1-10-15(11-2,12-3)6-4-5-13-7-9-8-14-9;1-9-4-3-6(8)7-5-10-2/h11-16,33-38H,5-10,17-19H2,1-4H3;7-8,15-16H,5-6,9H2,1-4H3;9-10,17-18H,3-8H2,1-2H3;5-6,12-13H,3-4,7H2,1-2H3;9H,4-8H2,1-3H3;3-5H2,1-2H3,(H,7,8). The third-order valence-electron chi connectivity index (χ3n) is 19.6. The normalized spacial score (nSPS) is 15.3. The second-order valence-electron chi connectivity index (χ2n) is 29.1. The molecule has 3 aliphatic rings. The van der Waals surface area contributed by atoms with Gasteiger partial charge in [-0.25, -0.2) is 9.59 Å². The average Bonchev–Trinajstić information content (AvgIpc) is 1.55. The molecule has 674 valence electrons. The van der Waals surface area contributed by atoms with Crippen LogP contribution in [0.25, 0.3) is 0 Å². The van der Waals surface area contributed by atoms with E-state index < -0.39 is 26.6 Å². The van der Waals surface area contributed by atoms with Gasteiger partial charge in [0.05, 0.1) is 72.5 Å². The van der Waals surface area contributed by atoms with Gasteiger partial charge in [0.25, 0.3) is 0 Å². The number of hydrogen-bond donors (Lipinski definition) is 13. The summed E-state index contributed by atoms with van der Waals surface area (Å²) in [5.74, 6) is 0.575. The lowest BCUT2D eigenvalue weighted by molar-refractivity contribution is -0.123. The van der Waals surface area contributed by atoms with Crippen molar-refractivity contribution in [2.75, 3.05) is 191 Å². The highest BCUT2D eigenvalue weighted by atomic mass is 28.4. The van der Waals surface area contributed by atoms with Crippen molar-refractivity contribution in [1.82, 2.24) is 24.9 Å². The molecule has 3 fully saturated rings. The molecule has 0 radical (unpaired) electrons. The van der Waals surface area contributed by atoms with Crippen LogP contribution in [0.4, 0.5) is 9.59 Å². The van der Waals surface area contributed by atoms with Gasteiger partial charge in [0.15, 0.2) is 6.17 Å². The summed E-state index contributed by atoms with van der Waals surface area (Å²) in [6, 6.07) is 18.9. The van der Waals surface area contributed by atoms with E-state index in [4.69, 9.17) is 70.9 Å². The lowest BCUT2D eigenvalue weighted by atomic mass is 9.68. The second kappa shape index (κ2) is 55.5. The van der Waals surface area contributed by atoms with Crippen molar-refractivity contribution in [3.8, 4) is 28.7 Å². The number of phenolic OH excluding ortho intramolecular Hbond substituents is 5. The SMILES string of the molecule is COCCC(=O)NCOC.COCN1C(=O)N(CCO)C2C1N(COC)C(=O)N2CCO.COCc1cc(C(C)(C)C)cc(CCO)c1O.COCc1cc(C(C)(c2cc(CCO)c(O)c(CCO)c2)c2cc(COC)c(O)c(COC)c2)cc(CCO)c1O.COCc1cc(C)cc(CCO)c1O.CO[Si](CCCOCC1CO1)(OC)OC. The number of epoxide rings is 1. The number of hydrogen-bond acceptors (Lipinski definition) is 29. The maximum atomic E-state index is 12.5. The Labute approximate surface area is 701 Å². The van der Waals surface area contributed by atoms with Crippen molar-refractivity contribution in [1.29, 1.82) is 0 Å². The van der Waals surface area contributed by atoms with Gasteiger partial charge in [-0.05, 0) is 132 Å². The number of ether oxygens (including phenoxy) is 11. The lowest BCUT2D eigenvalue weighted by Crippen LogP contribution is -2.48. The Kier molecular flexibility index (Phi) is 49.3. The van der Waals surface area contributed by atoms with Gasteiger partial charge in [0.1, 0.15) is 61.2 Å². The summed E-state index contributed by atoms with van der Waals surface area (Å²) in [7, 11) is 16.3. The van der Waals surface area contributed by atoms with Crippen molar-refractivity contribution in [3.05, 3.63) is 144 Å². The molecule has 119 heavy (non-hydrogen) atoms. The van der Waals surface area contributed by atoms with Crippen molar-refractivity contribution in [3.63, 3.8) is 0 Å². The van der Waals surface area contributed by atoms with Crippen LogP contribution in [-0.2, 0) is 146 Å². The largest absolute Gasteiger partial charge is 0.507 e. The topological polar surface area (TPSA) is 451 Å². The number of methoxy groups -OCH3 is 9. The smallest absolute Gasteiger partial charge is 0.500 e. The maximum Gasteiger partial charge on any atom is 0.500 e. The highest BCUT2D eigenvalue weighted by Crippen LogP contribution is 2.46. The number of nitrogens with zero attached hydrogens (tertiary/aromatic N) is 4. The van der Waals surface area contributed by atoms with E-state index in [1.807, 2.05) is 74.5 Å². The Morgan fingerprint density at radius 1 is 0.437 bits per heavy atom. The molecule has 2 atom stereocenters. The number of aromatic hydroxyl groups is 5. The number of fused-ring (bicyclic) bond motifs is 1. The van der Waals surface area contributed by atoms with Gasteiger partial charge < -0.3 is 132 Å². The lowest BCUT2D eigenvalue weighted by Gasteiger charge is -2.35. The van der Waals surface area contributed by atoms with Crippen LogP contribution in [0.1, 0.15) is 124 Å². The summed E-state index contributed by atoms with van der Waals surface area (Å²) in [6.07, 6.45) is 1.99. The van der Waals surface area contributed by atoms with Crippen molar-refractivity contribution < 1.29 is 141 Å². The van der Waals surface area contributed by atoms with Gasteiger partial charge in [0.2, 0.25) is 5.91 Å². The molecule has 5 aromatic carbocycles. The Morgan fingerprint density at radius 2 is 0.756 bits per heavy atom. The first kappa shape index (κ1) is 106. The Balaban J connectivity index is 0.000000398. The number of aliphatic hydroxyl groups is 7. The van der Waals surface area contributed by atoms with Crippen LogP contribution >= 0.6 is 0 Å². The zero-order chi connectivity index (χ0) is 89.0. The summed E-state index contributed by atoms with van der Waals surface area (Å²) < 4.78 is 72.0. The molecule has 8 rings (SSSR count). The zero-order valence-electron chi connectivity index (χ0n) is 72.6. The van der Waals surface area contributed by atoms with Crippen molar-refractivity contribution >= 4 is 26.8 Å². The Hall–Kier alpha value is -7.51. The van der Waals surface area contributed by atoms with E-state index in [9.17, 15) is 65.4 Å². The molecule has 2 unspecified atom stereocenters. The van der Waals surface area contributed by atoms with Crippen LogP contribution < -0.4 is 5.32 Å². The number of carbonyl (C=O) groups is 3. The number of nitrogens with one attached hydrogen (secondary N) is 1. The number of aryl methyl sites for hydroxylation is 1. The summed E-state index contributed by atoms with van der Waals surface area (Å²) >= 11 is 0. The Morgan fingerprint density at radius 3 is 1.08 bits per heavy atom. The third kappa shape index (κ3) is 31.4. The van der Waals surface area contributed by atoms with E-state index in [-0.39, 0.29) is 171 Å². The highest BCUT2D eigenvalue weighted by Gasteiger charge is 2.59. The second-order valence-corrected chi connectivity index (χ2v) is 32.2. The number of carbonyl (C=O) groups excluding carboxylic acids is 3. The predicted octanol–water partition coefficient (Wildman–Crippen LogP) is 5.67. The number of benzene rings is 5. The molecule has 5 amide bonds. The van der Waals surface area contributed by atoms with E-state index in [0.717, 1.165) is 69.1 Å². The summed E-state index contributed by atoms with van der Waals surface area (Å²) in [5.41, 5.74) is 9.92. The van der Waals surface area contributed by atoms with Crippen molar-refractivity contribution in [2.45, 2.75) is 148 Å². The predicted molar refractivity (Wildman–Crippen MR) is 444 cm³/mol. The average molecular weight is 1710 g/mol. The Bertz CT molecular complexity index is 3410.